The molecule has 0 radical (unpaired) electrons. The molecule has 10 heteroatoms. The summed E-state index contributed by atoms with van der Waals surface area (Å²) in [7, 11) is 0. The second-order valence-corrected chi connectivity index (χ2v) is 8.43. The lowest BCUT2D eigenvalue weighted by Crippen LogP contribution is -2.72. The van der Waals surface area contributed by atoms with Gasteiger partial charge >= 0.3 is 6.03 Å². The monoisotopic (exact) mass is 475 g/mol. The predicted molar refractivity (Wildman–Crippen MR) is 122 cm³/mol. The average Bonchev–Trinajstić information content (AvgIpc) is 3.36. The predicted octanol–water partition coefficient (Wildman–Crippen LogP) is 3.05. The number of amides is 4. The van der Waals surface area contributed by atoms with Gasteiger partial charge in [-0.2, -0.15) is 5.10 Å². The van der Waals surface area contributed by atoms with Gasteiger partial charge in [-0.1, -0.05) is 30.0 Å². The van der Waals surface area contributed by atoms with Crippen LogP contribution in [0.5, 0.6) is 0 Å². The lowest BCUT2D eigenvalue weighted by atomic mass is 9.88. The Labute approximate surface area is 199 Å². The molecule has 8 nitrogen and oxygen atoms in total. The van der Waals surface area contributed by atoms with Crippen molar-refractivity contribution < 1.29 is 23.2 Å². The normalized spacial score (nSPS) is 20.0. The summed E-state index contributed by atoms with van der Waals surface area (Å²) in [6.07, 6.45) is 2.56. The van der Waals surface area contributed by atoms with Crippen LogP contribution < -0.4 is 9.80 Å². The third-order valence-corrected chi connectivity index (χ3v) is 6.18. The van der Waals surface area contributed by atoms with Crippen molar-refractivity contribution in [2.45, 2.75) is 18.9 Å². The van der Waals surface area contributed by atoms with Gasteiger partial charge in [-0.25, -0.2) is 18.5 Å². The molecule has 2 aromatic carbocycles. The Kier molecular flexibility index (Phi) is 5.32. The number of anilines is 2. The molecule has 2 saturated heterocycles. The van der Waals surface area contributed by atoms with Crippen LogP contribution in [0, 0.1) is 23.5 Å². The fraction of sp³-hybridized carbons (Fsp3) is 0.200. The van der Waals surface area contributed by atoms with Crippen LogP contribution in [0.25, 0.3) is 0 Å². The molecular weight excluding hydrogens is 456 g/mol. The molecular formula is C25H19F2N5O3. The first-order valence-corrected chi connectivity index (χ1v) is 10.8. The number of H-pyrrole nitrogens is 1. The van der Waals surface area contributed by atoms with Gasteiger partial charge in [-0.3, -0.25) is 14.7 Å². The van der Waals surface area contributed by atoms with Crippen LogP contribution in [0.3, 0.4) is 0 Å². The Hall–Kier alpha value is -4.52. The Bertz CT molecular complexity index is 1370. The molecule has 0 aliphatic carbocycles. The van der Waals surface area contributed by atoms with E-state index < -0.39 is 47.1 Å². The Morgan fingerprint density at radius 3 is 2.34 bits per heavy atom. The van der Waals surface area contributed by atoms with Gasteiger partial charge in [0.15, 0.2) is 11.6 Å². The first kappa shape index (κ1) is 22.3. The van der Waals surface area contributed by atoms with Crippen molar-refractivity contribution in [3.63, 3.8) is 0 Å². The minimum Gasteiger partial charge on any atom is -0.307 e. The zero-order valence-electron chi connectivity index (χ0n) is 18.6. The van der Waals surface area contributed by atoms with Crippen LogP contribution in [0.15, 0.2) is 54.9 Å². The van der Waals surface area contributed by atoms with E-state index in [-0.39, 0.29) is 18.7 Å². The second kappa shape index (κ2) is 8.36. The maximum Gasteiger partial charge on any atom is 0.332 e. The number of piperazine rings is 1. The molecule has 0 unspecified atom stereocenters. The van der Waals surface area contributed by atoms with Gasteiger partial charge in [0.2, 0.25) is 5.91 Å². The van der Waals surface area contributed by atoms with E-state index in [1.165, 1.54) is 29.1 Å². The minimum atomic E-state index is -1.49. The van der Waals surface area contributed by atoms with Crippen molar-refractivity contribution in [1.82, 2.24) is 15.1 Å². The molecule has 5 rings (SSSR count). The number of carbonyl (C=O) groups excluding carboxylic acids is 3. The maximum atomic E-state index is 15.1. The Balaban J connectivity index is 1.45. The van der Waals surface area contributed by atoms with E-state index in [1.54, 1.807) is 24.3 Å². The van der Waals surface area contributed by atoms with Gasteiger partial charge in [0.05, 0.1) is 18.3 Å². The molecule has 0 saturated carbocycles. The summed E-state index contributed by atoms with van der Waals surface area (Å²) in [5.74, 6) is 1.94. The van der Waals surface area contributed by atoms with Crippen molar-refractivity contribution in [1.29, 1.82) is 0 Å². The van der Waals surface area contributed by atoms with Crippen LogP contribution in [0.2, 0.25) is 0 Å². The molecule has 3 heterocycles. The van der Waals surface area contributed by atoms with Crippen molar-refractivity contribution in [2.75, 3.05) is 22.9 Å². The third kappa shape index (κ3) is 3.71. The highest BCUT2D eigenvalue weighted by Crippen LogP contribution is 2.37. The zero-order chi connectivity index (χ0) is 24.7. The summed E-state index contributed by atoms with van der Waals surface area (Å²) in [5.41, 5.74) is -1.05. The van der Waals surface area contributed by atoms with Gasteiger partial charge in [-0.05, 0) is 31.2 Å². The standard InChI is InChI=1S/C25H19F2N5O3/c1-25-13-21(33)32(24(35)31(25)10-9-30(23(25)34)18-14-28-29-15-18)22-19(26)11-17(12-20(22)27)8-7-16-5-3-2-4-6-16/h2-6,11-12,14-15H,9-10,13H2,1H3,(H,28,29)/t25-/m0/s1. The summed E-state index contributed by atoms with van der Waals surface area (Å²) >= 11 is 0. The van der Waals surface area contributed by atoms with Crippen LogP contribution in [0.4, 0.5) is 25.0 Å². The maximum absolute atomic E-state index is 15.1. The molecule has 1 aromatic heterocycles. The highest BCUT2D eigenvalue weighted by molar-refractivity contribution is 6.20. The molecule has 1 atom stereocenters. The zero-order valence-corrected chi connectivity index (χ0v) is 18.6. The average molecular weight is 475 g/mol. The Morgan fingerprint density at radius 1 is 1.00 bits per heavy atom. The number of rotatable bonds is 2. The van der Waals surface area contributed by atoms with E-state index in [4.69, 9.17) is 0 Å². The van der Waals surface area contributed by atoms with Crippen LogP contribution in [0.1, 0.15) is 24.5 Å². The van der Waals surface area contributed by atoms with E-state index >= 15 is 8.78 Å². The highest BCUT2D eigenvalue weighted by Gasteiger charge is 2.56. The number of nitrogens with zero attached hydrogens (tertiary/aromatic N) is 4. The molecule has 1 N–H and O–H groups in total. The number of fused-ring (bicyclic) bond motifs is 1. The van der Waals surface area contributed by atoms with Gasteiger partial charge < -0.3 is 9.80 Å². The number of urea groups is 1. The van der Waals surface area contributed by atoms with Gasteiger partial charge in [0.25, 0.3) is 5.91 Å². The summed E-state index contributed by atoms with van der Waals surface area (Å²) in [5, 5.41) is 6.45. The molecule has 0 spiro atoms. The second-order valence-electron chi connectivity index (χ2n) is 8.43. The summed E-state index contributed by atoms with van der Waals surface area (Å²) in [6, 6.07) is 9.90. The van der Waals surface area contributed by atoms with Crippen LogP contribution in [-0.2, 0) is 9.59 Å². The molecule has 176 valence electrons. The molecule has 0 bridgehead atoms. The van der Waals surface area contributed by atoms with E-state index in [2.05, 4.69) is 22.0 Å². The fourth-order valence-electron chi connectivity index (χ4n) is 4.41. The summed E-state index contributed by atoms with van der Waals surface area (Å²) in [4.78, 5) is 42.7. The van der Waals surface area contributed by atoms with Crippen molar-refractivity contribution in [2.24, 2.45) is 0 Å². The van der Waals surface area contributed by atoms with Gasteiger partial charge in [0.1, 0.15) is 11.2 Å². The summed E-state index contributed by atoms with van der Waals surface area (Å²) in [6.45, 7) is 1.68. The van der Waals surface area contributed by atoms with Crippen molar-refractivity contribution in [3.8, 4) is 11.8 Å². The summed E-state index contributed by atoms with van der Waals surface area (Å²) < 4.78 is 30.1. The minimum absolute atomic E-state index is 0.0539. The van der Waals surface area contributed by atoms with Gasteiger partial charge in [-0.15, -0.1) is 0 Å². The number of carbonyl (C=O) groups is 3. The number of imide groups is 1. The molecule has 3 aromatic rings. The lowest BCUT2D eigenvalue weighted by Gasteiger charge is -2.51. The van der Waals surface area contributed by atoms with E-state index in [9.17, 15) is 14.4 Å². The SMILES string of the molecule is C[C@@]12CC(=O)N(c3c(F)cc(C#Cc4ccccc4)cc3F)C(=O)N1CCN(c1cn[nH]c1)C2=O. The Morgan fingerprint density at radius 2 is 1.69 bits per heavy atom. The topological polar surface area (TPSA) is 89.6 Å². The first-order valence-electron chi connectivity index (χ1n) is 10.8. The first-order chi connectivity index (χ1) is 16.8. The van der Waals surface area contributed by atoms with Crippen LogP contribution >= 0.6 is 0 Å². The van der Waals surface area contributed by atoms with Crippen LogP contribution in [-0.4, -0.2) is 51.6 Å². The smallest absolute Gasteiger partial charge is 0.307 e. The number of benzene rings is 2. The molecule has 35 heavy (non-hydrogen) atoms. The molecule has 2 fully saturated rings. The van der Waals surface area contributed by atoms with E-state index in [0.717, 1.165) is 12.1 Å². The fourth-order valence-corrected chi connectivity index (χ4v) is 4.41. The molecule has 2 aliphatic rings. The molecule has 2 aliphatic heterocycles. The van der Waals surface area contributed by atoms with E-state index in [1.807, 2.05) is 6.07 Å². The number of nitrogens with one attached hydrogen (secondary N) is 1. The number of hydrogen-bond donors (Lipinski definition) is 1. The lowest BCUT2D eigenvalue weighted by molar-refractivity contribution is -0.137. The highest BCUT2D eigenvalue weighted by atomic mass is 19.1. The quantitative estimate of drug-likeness (QED) is 0.577. The number of hydrogen-bond acceptors (Lipinski definition) is 4. The number of halogens is 2. The van der Waals surface area contributed by atoms with Crippen molar-refractivity contribution >= 4 is 29.2 Å². The van der Waals surface area contributed by atoms with Gasteiger partial charge in [0, 0.05) is 30.4 Å². The third-order valence-electron chi connectivity index (χ3n) is 6.18. The van der Waals surface area contributed by atoms with Crippen molar-refractivity contribution in [3.05, 3.63) is 77.6 Å². The molecule has 4 amide bonds. The number of aromatic amines is 1. The number of aromatic nitrogens is 2. The largest absolute Gasteiger partial charge is 0.332 e. The van der Waals surface area contributed by atoms with E-state index in [0.29, 0.717) is 16.2 Å².